The molecule has 0 aliphatic carbocycles. The number of benzene rings is 2. The highest BCUT2D eigenvalue weighted by Crippen LogP contribution is 2.28. The van der Waals surface area contributed by atoms with Gasteiger partial charge in [0.1, 0.15) is 0 Å². The van der Waals surface area contributed by atoms with Crippen LogP contribution in [0.3, 0.4) is 0 Å². The molecule has 91 valence electrons. The van der Waals surface area contributed by atoms with Gasteiger partial charge in [0.15, 0.2) is 11.5 Å². The van der Waals surface area contributed by atoms with Crippen LogP contribution in [0.1, 0.15) is 11.1 Å². The van der Waals surface area contributed by atoms with Crippen molar-refractivity contribution in [2.75, 3.05) is 14.2 Å². The van der Waals surface area contributed by atoms with Gasteiger partial charge in [-0.05, 0) is 29.3 Å². The first-order chi connectivity index (χ1) is 8.83. The molecule has 1 radical (unpaired) electrons. The van der Waals surface area contributed by atoms with Crippen molar-refractivity contribution in [2.24, 2.45) is 0 Å². The number of hydrogen-bond acceptors (Lipinski definition) is 2. The highest BCUT2D eigenvalue weighted by Gasteiger charge is 2.02. The van der Waals surface area contributed by atoms with Crippen molar-refractivity contribution in [1.82, 2.24) is 0 Å². The Kier molecular flexibility index (Phi) is 4.02. The van der Waals surface area contributed by atoms with Crippen LogP contribution >= 0.6 is 0 Å². The fourth-order valence-electron chi connectivity index (χ4n) is 1.66. The Labute approximate surface area is 107 Å². The first-order valence-corrected chi connectivity index (χ1v) is 5.69. The lowest BCUT2D eigenvalue weighted by Gasteiger charge is -2.07. The molecule has 0 unspecified atom stereocenters. The minimum Gasteiger partial charge on any atom is -0.493 e. The maximum absolute atomic E-state index is 5.27. The van der Waals surface area contributed by atoms with Crippen LogP contribution in [-0.4, -0.2) is 14.2 Å². The summed E-state index contributed by atoms with van der Waals surface area (Å²) in [7, 11) is 3.27. The zero-order valence-electron chi connectivity index (χ0n) is 10.5. The Morgan fingerprint density at radius 3 is 2.17 bits per heavy atom. The molecular formula is C16H15O2. The lowest BCUT2D eigenvalue weighted by molar-refractivity contribution is 0.355. The summed E-state index contributed by atoms with van der Waals surface area (Å²) in [5, 5.41) is 0. The quantitative estimate of drug-likeness (QED) is 0.758. The molecule has 0 heterocycles. The minimum atomic E-state index is 0.737. The third kappa shape index (κ3) is 2.92. The van der Waals surface area contributed by atoms with Crippen LogP contribution in [-0.2, 0) is 0 Å². The maximum Gasteiger partial charge on any atom is 0.161 e. The molecule has 0 saturated heterocycles. The van der Waals surface area contributed by atoms with E-state index in [4.69, 9.17) is 9.47 Å². The molecule has 0 aliphatic rings. The molecule has 0 aliphatic heterocycles. The van der Waals surface area contributed by atoms with Gasteiger partial charge in [-0.15, -0.1) is 0 Å². The Hall–Kier alpha value is -2.22. The Morgan fingerprint density at radius 1 is 0.833 bits per heavy atom. The van der Waals surface area contributed by atoms with Gasteiger partial charge in [-0.25, -0.2) is 0 Å². The molecule has 0 bridgehead atoms. The van der Waals surface area contributed by atoms with Gasteiger partial charge < -0.3 is 9.47 Å². The second-order valence-corrected chi connectivity index (χ2v) is 3.78. The molecule has 2 aromatic rings. The molecule has 2 rings (SSSR count). The van der Waals surface area contributed by atoms with Gasteiger partial charge in [0.05, 0.1) is 14.2 Å². The van der Waals surface area contributed by atoms with E-state index in [-0.39, 0.29) is 0 Å². The summed E-state index contributed by atoms with van der Waals surface area (Å²) in [6.07, 6.45) is 4.09. The van der Waals surface area contributed by atoms with Crippen LogP contribution in [0.2, 0.25) is 0 Å². The van der Waals surface area contributed by atoms with Gasteiger partial charge in [-0.2, -0.15) is 0 Å². The fourth-order valence-corrected chi connectivity index (χ4v) is 1.66. The van der Waals surface area contributed by atoms with Gasteiger partial charge in [0.2, 0.25) is 0 Å². The molecule has 2 heteroatoms. The predicted molar refractivity (Wildman–Crippen MR) is 73.8 cm³/mol. The van der Waals surface area contributed by atoms with E-state index in [1.807, 2.05) is 48.5 Å². The summed E-state index contributed by atoms with van der Waals surface area (Å²) < 4.78 is 10.5. The molecule has 2 aromatic carbocycles. The van der Waals surface area contributed by atoms with E-state index < -0.39 is 0 Å². The third-order valence-electron chi connectivity index (χ3n) is 2.62. The van der Waals surface area contributed by atoms with E-state index in [0.717, 1.165) is 22.6 Å². The monoisotopic (exact) mass is 239 g/mol. The number of hydrogen-bond donors (Lipinski definition) is 0. The topological polar surface area (TPSA) is 18.5 Å². The molecule has 0 atom stereocenters. The Morgan fingerprint density at radius 2 is 1.50 bits per heavy atom. The molecule has 0 N–H and O–H groups in total. The summed E-state index contributed by atoms with van der Waals surface area (Å²) in [5.41, 5.74) is 2.21. The van der Waals surface area contributed by atoms with Crippen LogP contribution < -0.4 is 9.47 Å². The van der Waals surface area contributed by atoms with Crippen molar-refractivity contribution in [3.05, 3.63) is 59.7 Å². The van der Waals surface area contributed by atoms with E-state index in [2.05, 4.69) is 12.1 Å². The average molecular weight is 239 g/mol. The van der Waals surface area contributed by atoms with Crippen LogP contribution in [0.4, 0.5) is 0 Å². The second kappa shape index (κ2) is 5.92. The average Bonchev–Trinajstić information content (AvgIpc) is 2.45. The van der Waals surface area contributed by atoms with Crippen molar-refractivity contribution < 1.29 is 9.47 Å². The van der Waals surface area contributed by atoms with Gasteiger partial charge in [0, 0.05) is 0 Å². The number of ether oxygens (including phenoxy) is 2. The normalized spacial score (nSPS) is 10.6. The molecule has 0 fully saturated rings. The number of rotatable bonds is 4. The van der Waals surface area contributed by atoms with Gasteiger partial charge in [-0.3, -0.25) is 0 Å². The minimum absolute atomic E-state index is 0.737. The van der Waals surface area contributed by atoms with Gasteiger partial charge in [-0.1, -0.05) is 42.5 Å². The van der Waals surface area contributed by atoms with Crippen molar-refractivity contribution in [2.45, 2.75) is 0 Å². The highest BCUT2D eigenvalue weighted by molar-refractivity contribution is 5.70. The molecule has 0 amide bonds. The SMILES string of the molecule is COc1ccc(C=Cc2cc[c]cc2)cc1OC. The highest BCUT2D eigenvalue weighted by atomic mass is 16.5. The lowest BCUT2D eigenvalue weighted by Crippen LogP contribution is -1.90. The Balaban J connectivity index is 2.22. The van der Waals surface area contributed by atoms with E-state index in [1.165, 1.54) is 0 Å². The second-order valence-electron chi connectivity index (χ2n) is 3.78. The number of methoxy groups -OCH3 is 2. The first kappa shape index (κ1) is 12.2. The first-order valence-electron chi connectivity index (χ1n) is 5.69. The van der Waals surface area contributed by atoms with Crippen LogP contribution in [0.5, 0.6) is 11.5 Å². The summed E-state index contributed by atoms with van der Waals surface area (Å²) in [4.78, 5) is 0. The maximum atomic E-state index is 5.27. The van der Waals surface area contributed by atoms with Crippen molar-refractivity contribution in [3.8, 4) is 11.5 Å². The van der Waals surface area contributed by atoms with Gasteiger partial charge in [0.25, 0.3) is 0 Å². The van der Waals surface area contributed by atoms with Crippen molar-refractivity contribution >= 4 is 12.2 Å². The molecular weight excluding hydrogens is 224 g/mol. The standard InChI is InChI=1S/C16H15O2/c1-17-15-11-10-14(12-16(15)18-2)9-8-13-6-4-3-5-7-13/h4-12H,1-2H3. The predicted octanol–water partition coefficient (Wildman–Crippen LogP) is 3.67. The fraction of sp³-hybridized carbons (Fsp3) is 0.125. The lowest BCUT2D eigenvalue weighted by atomic mass is 10.1. The zero-order valence-corrected chi connectivity index (χ0v) is 10.5. The summed E-state index contributed by atoms with van der Waals surface area (Å²) in [6.45, 7) is 0. The molecule has 0 spiro atoms. The Bertz CT molecular complexity index is 530. The van der Waals surface area contributed by atoms with Crippen LogP contribution in [0.25, 0.3) is 12.2 Å². The van der Waals surface area contributed by atoms with Crippen molar-refractivity contribution in [3.63, 3.8) is 0 Å². The smallest absolute Gasteiger partial charge is 0.161 e. The summed E-state index contributed by atoms with van der Waals surface area (Å²) >= 11 is 0. The zero-order chi connectivity index (χ0) is 12.8. The molecule has 0 saturated carbocycles. The van der Waals surface area contributed by atoms with E-state index in [1.54, 1.807) is 14.2 Å². The summed E-state index contributed by atoms with van der Waals surface area (Å²) in [6, 6.07) is 16.7. The van der Waals surface area contributed by atoms with E-state index in [0.29, 0.717) is 0 Å². The summed E-state index contributed by atoms with van der Waals surface area (Å²) in [5.74, 6) is 1.48. The van der Waals surface area contributed by atoms with Crippen LogP contribution in [0, 0.1) is 6.07 Å². The molecule has 18 heavy (non-hydrogen) atoms. The van der Waals surface area contributed by atoms with Gasteiger partial charge >= 0.3 is 0 Å². The van der Waals surface area contributed by atoms with Crippen molar-refractivity contribution in [1.29, 1.82) is 0 Å². The van der Waals surface area contributed by atoms with Crippen LogP contribution in [0.15, 0.2) is 42.5 Å². The van der Waals surface area contributed by atoms with E-state index in [9.17, 15) is 0 Å². The third-order valence-corrected chi connectivity index (χ3v) is 2.62. The largest absolute Gasteiger partial charge is 0.493 e. The van der Waals surface area contributed by atoms with E-state index >= 15 is 0 Å². The molecule has 2 nitrogen and oxygen atoms in total. The molecule has 0 aromatic heterocycles.